The highest BCUT2D eigenvalue weighted by Crippen LogP contribution is 2.35. The Bertz CT molecular complexity index is 545. The number of aryl methyl sites for hydroxylation is 1. The summed E-state index contributed by atoms with van der Waals surface area (Å²) in [5.74, 6) is 0. The molecule has 0 spiro atoms. The van der Waals surface area contributed by atoms with Crippen molar-refractivity contribution in [2.45, 2.75) is 25.7 Å². The molecule has 1 N–H and O–H groups in total. The number of nitrogens with one attached hydrogen (secondary N) is 1. The molecule has 1 aliphatic heterocycles. The lowest BCUT2D eigenvalue weighted by molar-refractivity contribution is -0.143. The Balaban J connectivity index is 2.18. The number of carbonyl (C=O) groups is 1. The maximum absolute atomic E-state index is 13.2. The van der Waals surface area contributed by atoms with E-state index in [1.807, 2.05) is 0 Å². The fourth-order valence-corrected chi connectivity index (χ4v) is 2.46. The molecular formula is C13H19F3N4O3. The first-order valence-corrected chi connectivity index (χ1v) is 7.15. The van der Waals surface area contributed by atoms with Crippen LogP contribution in [0.4, 0.5) is 23.7 Å². The van der Waals surface area contributed by atoms with E-state index >= 15 is 0 Å². The summed E-state index contributed by atoms with van der Waals surface area (Å²) in [5.41, 5.74) is -1.32. The Hall–Kier alpha value is -1.81. The van der Waals surface area contributed by atoms with Gasteiger partial charge in [-0.1, -0.05) is 0 Å². The van der Waals surface area contributed by atoms with E-state index in [0.29, 0.717) is 6.61 Å². The summed E-state index contributed by atoms with van der Waals surface area (Å²) in [6.07, 6.45) is -3.60. The summed E-state index contributed by atoms with van der Waals surface area (Å²) >= 11 is 0. The molecule has 1 unspecified atom stereocenters. The Morgan fingerprint density at radius 1 is 1.57 bits per heavy atom. The van der Waals surface area contributed by atoms with Crippen LogP contribution in [0.5, 0.6) is 0 Å². The van der Waals surface area contributed by atoms with Crippen LogP contribution in [0.15, 0.2) is 6.20 Å². The quantitative estimate of drug-likeness (QED) is 0.910. The van der Waals surface area contributed by atoms with Crippen LogP contribution >= 0.6 is 0 Å². The topological polar surface area (TPSA) is 68.6 Å². The van der Waals surface area contributed by atoms with Crippen molar-refractivity contribution in [3.8, 4) is 0 Å². The number of carbonyl (C=O) groups excluding carboxylic acids is 1. The SMILES string of the molecule is CCn1ncc(NC(=O)N2CCOCC2COC)c1C(F)(F)F. The third-order valence-corrected chi connectivity index (χ3v) is 3.50. The Morgan fingerprint density at radius 3 is 2.91 bits per heavy atom. The molecular weight excluding hydrogens is 317 g/mol. The van der Waals surface area contributed by atoms with Gasteiger partial charge in [0.25, 0.3) is 0 Å². The monoisotopic (exact) mass is 336 g/mol. The zero-order chi connectivity index (χ0) is 17.0. The third-order valence-electron chi connectivity index (χ3n) is 3.50. The lowest BCUT2D eigenvalue weighted by Gasteiger charge is -2.35. The van der Waals surface area contributed by atoms with Crippen LogP contribution in [0.2, 0.25) is 0 Å². The van der Waals surface area contributed by atoms with Gasteiger partial charge in [-0.2, -0.15) is 18.3 Å². The highest BCUT2D eigenvalue weighted by atomic mass is 19.4. The zero-order valence-electron chi connectivity index (χ0n) is 12.9. The van der Waals surface area contributed by atoms with Gasteiger partial charge in [-0.05, 0) is 6.92 Å². The van der Waals surface area contributed by atoms with Crippen molar-refractivity contribution in [1.29, 1.82) is 0 Å². The first kappa shape index (κ1) is 17.5. The van der Waals surface area contributed by atoms with Crippen LogP contribution in [-0.2, 0) is 22.2 Å². The maximum atomic E-state index is 13.2. The molecule has 130 valence electrons. The summed E-state index contributed by atoms with van der Waals surface area (Å²) in [6.45, 7) is 2.73. The number of hydrogen-bond acceptors (Lipinski definition) is 4. The summed E-state index contributed by atoms with van der Waals surface area (Å²) < 4.78 is 50.5. The van der Waals surface area contributed by atoms with E-state index in [1.165, 1.54) is 12.0 Å². The highest BCUT2D eigenvalue weighted by molar-refractivity contribution is 5.90. The third kappa shape index (κ3) is 3.94. The number of hydrogen-bond donors (Lipinski definition) is 1. The number of ether oxygens (including phenoxy) is 2. The van der Waals surface area contributed by atoms with Crippen LogP contribution in [0.25, 0.3) is 0 Å². The standard InChI is InChI=1S/C13H19F3N4O3/c1-3-20-11(13(14,15)16)10(6-17-20)18-12(21)19-4-5-23-8-9(19)7-22-2/h6,9H,3-5,7-8H2,1-2H3,(H,18,21). The fraction of sp³-hybridized carbons (Fsp3) is 0.692. The molecule has 0 bridgehead atoms. The minimum atomic E-state index is -4.61. The van der Waals surface area contributed by atoms with Gasteiger partial charge < -0.3 is 19.7 Å². The first-order chi connectivity index (χ1) is 10.9. The van der Waals surface area contributed by atoms with Crippen LogP contribution in [0, 0.1) is 0 Å². The Kier molecular flexibility index (Phi) is 5.47. The number of aromatic nitrogens is 2. The van der Waals surface area contributed by atoms with Gasteiger partial charge in [-0.15, -0.1) is 0 Å². The first-order valence-electron chi connectivity index (χ1n) is 7.15. The number of morpholine rings is 1. The molecule has 1 aliphatic rings. The number of alkyl halides is 3. The molecule has 0 aliphatic carbocycles. The van der Waals surface area contributed by atoms with Crippen molar-refractivity contribution >= 4 is 11.7 Å². The van der Waals surface area contributed by atoms with E-state index < -0.39 is 17.9 Å². The molecule has 1 aromatic heterocycles. The van der Waals surface area contributed by atoms with Gasteiger partial charge in [0, 0.05) is 20.2 Å². The van der Waals surface area contributed by atoms with E-state index in [4.69, 9.17) is 9.47 Å². The predicted octanol–water partition coefficient (Wildman–Crippen LogP) is 1.80. The second kappa shape index (κ2) is 7.18. The van der Waals surface area contributed by atoms with E-state index in [0.717, 1.165) is 10.9 Å². The fourth-order valence-electron chi connectivity index (χ4n) is 2.46. The summed E-state index contributed by atoms with van der Waals surface area (Å²) in [6, 6.07) is -0.971. The molecule has 1 fully saturated rings. The van der Waals surface area contributed by atoms with Crippen molar-refractivity contribution in [1.82, 2.24) is 14.7 Å². The van der Waals surface area contributed by atoms with E-state index in [1.54, 1.807) is 6.92 Å². The average Bonchev–Trinajstić information content (AvgIpc) is 2.91. The molecule has 1 aromatic rings. The number of rotatable bonds is 4. The minimum absolute atomic E-state index is 0.0502. The molecule has 0 aromatic carbocycles. The number of nitrogens with zero attached hydrogens (tertiary/aromatic N) is 3. The average molecular weight is 336 g/mol. The molecule has 1 atom stereocenters. The van der Waals surface area contributed by atoms with Crippen molar-refractivity contribution < 1.29 is 27.4 Å². The number of methoxy groups -OCH3 is 1. The molecule has 7 nitrogen and oxygen atoms in total. The van der Waals surface area contributed by atoms with Crippen molar-refractivity contribution in [2.75, 3.05) is 38.8 Å². The largest absolute Gasteiger partial charge is 0.435 e. The number of halogens is 3. The van der Waals surface area contributed by atoms with Gasteiger partial charge in [0.2, 0.25) is 0 Å². The van der Waals surface area contributed by atoms with Gasteiger partial charge in [0.15, 0.2) is 5.69 Å². The van der Waals surface area contributed by atoms with Gasteiger partial charge >= 0.3 is 12.2 Å². The lowest BCUT2D eigenvalue weighted by atomic mass is 10.2. The van der Waals surface area contributed by atoms with Crippen molar-refractivity contribution in [2.24, 2.45) is 0 Å². The maximum Gasteiger partial charge on any atom is 0.435 e. The normalized spacial score (nSPS) is 19.0. The molecule has 10 heteroatoms. The van der Waals surface area contributed by atoms with Gasteiger partial charge in [0.1, 0.15) is 0 Å². The lowest BCUT2D eigenvalue weighted by Crippen LogP contribution is -2.52. The van der Waals surface area contributed by atoms with Gasteiger partial charge in [0.05, 0.1) is 37.7 Å². The number of amides is 2. The van der Waals surface area contributed by atoms with Crippen LogP contribution in [0.3, 0.4) is 0 Å². The minimum Gasteiger partial charge on any atom is -0.382 e. The highest BCUT2D eigenvalue weighted by Gasteiger charge is 2.39. The Labute approximate surface area is 131 Å². The second-order valence-corrected chi connectivity index (χ2v) is 5.03. The van der Waals surface area contributed by atoms with Crippen LogP contribution in [0.1, 0.15) is 12.6 Å². The smallest absolute Gasteiger partial charge is 0.382 e. The zero-order valence-corrected chi connectivity index (χ0v) is 12.9. The molecule has 2 heterocycles. The van der Waals surface area contributed by atoms with E-state index in [2.05, 4.69) is 10.4 Å². The van der Waals surface area contributed by atoms with Crippen LogP contribution < -0.4 is 5.32 Å². The number of anilines is 1. The predicted molar refractivity (Wildman–Crippen MR) is 75.1 cm³/mol. The van der Waals surface area contributed by atoms with E-state index in [9.17, 15) is 18.0 Å². The summed E-state index contributed by atoms with van der Waals surface area (Å²) in [7, 11) is 1.48. The summed E-state index contributed by atoms with van der Waals surface area (Å²) in [4.78, 5) is 13.7. The second-order valence-electron chi connectivity index (χ2n) is 5.03. The van der Waals surface area contributed by atoms with Gasteiger partial charge in [-0.25, -0.2) is 4.79 Å². The van der Waals surface area contributed by atoms with Gasteiger partial charge in [-0.3, -0.25) is 4.68 Å². The number of urea groups is 1. The van der Waals surface area contributed by atoms with Crippen molar-refractivity contribution in [3.05, 3.63) is 11.9 Å². The molecule has 0 saturated carbocycles. The summed E-state index contributed by atoms with van der Waals surface area (Å²) in [5, 5.41) is 5.97. The van der Waals surface area contributed by atoms with Crippen molar-refractivity contribution in [3.63, 3.8) is 0 Å². The molecule has 2 amide bonds. The molecule has 23 heavy (non-hydrogen) atoms. The van der Waals surface area contributed by atoms with E-state index in [-0.39, 0.29) is 38.0 Å². The Morgan fingerprint density at radius 2 is 2.30 bits per heavy atom. The molecule has 1 saturated heterocycles. The molecule has 0 radical (unpaired) electrons. The van der Waals surface area contributed by atoms with Crippen LogP contribution in [-0.4, -0.2) is 60.2 Å². The molecule has 2 rings (SSSR count).